The molecule has 0 radical (unpaired) electrons. The lowest BCUT2D eigenvalue weighted by Crippen LogP contribution is -2.39. The average molecular weight is 362 g/mol. The molecule has 0 N–H and O–H groups in total. The smallest absolute Gasteiger partial charge is 0.243 e. The predicted octanol–water partition coefficient (Wildman–Crippen LogP) is 2.29. The third kappa shape index (κ3) is 4.18. The zero-order chi connectivity index (χ0) is 18.6. The van der Waals surface area contributed by atoms with E-state index in [-0.39, 0.29) is 17.3 Å². The van der Waals surface area contributed by atoms with E-state index in [2.05, 4.69) is 0 Å². The zero-order valence-electron chi connectivity index (χ0n) is 14.8. The molecule has 25 heavy (non-hydrogen) atoms. The molecule has 0 aromatic heterocycles. The molecule has 0 saturated heterocycles. The van der Waals surface area contributed by atoms with Crippen LogP contribution in [-0.2, 0) is 14.8 Å². The van der Waals surface area contributed by atoms with Gasteiger partial charge >= 0.3 is 0 Å². The molecule has 0 spiro atoms. The highest BCUT2D eigenvalue weighted by Gasteiger charge is 2.25. The highest BCUT2D eigenvalue weighted by molar-refractivity contribution is 7.89. The number of anilines is 1. The quantitative estimate of drug-likeness (QED) is 0.791. The second-order valence-electron chi connectivity index (χ2n) is 5.68. The van der Waals surface area contributed by atoms with Gasteiger partial charge in [-0.05, 0) is 42.8 Å². The molecule has 0 fully saturated rings. The molecule has 0 heterocycles. The fourth-order valence-electron chi connectivity index (χ4n) is 2.37. The monoisotopic (exact) mass is 362 g/mol. The van der Waals surface area contributed by atoms with E-state index < -0.39 is 10.0 Å². The summed E-state index contributed by atoms with van der Waals surface area (Å²) < 4.78 is 31.6. The van der Waals surface area contributed by atoms with Crippen LogP contribution in [0.25, 0.3) is 0 Å². The first-order chi connectivity index (χ1) is 11.8. The van der Waals surface area contributed by atoms with Crippen molar-refractivity contribution in [1.29, 1.82) is 0 Å². The Morgan fingerprint density at radius 3 is 2.28 bits per heavy atom. The molecule has 6 nitrogen and oxygen atoms in total. The summed E-state index contributed by atoms with van der Waals surface area (Å²) in [6.45, 7) is 1.52. The Hall–Kier alpha value is -2.38. The number of rotatable bonds is 6. The second kappa shape index (κ2) is 7.67. The standard InChI is InChI=1S/C18H22N2O4S/c1-14-12-16(10-11-17(14)24-4)25(22,23)19(2)13-18(21)20(3)15-8-6-5-7-9-15/h5-12H,13H2,1-4H3. The first-order valence-corrected chi connectivity index (χ1v) is 9.14. The number of para-hydroxylation sites is 1. The van der Waals surface area contributed by atoms with E-state index in [9.17, 15) is 13.2 Å². The number of amides is 1. The van der Waals surface area contributed by atoms with Crippen LogP contribution in [0.15, 0.2) is 53.4 Å². The molecule has 0 unspecified atom stereocenters. The van der Waals surface area contributed by atoms with Gasteiger partial charge in [0.15, 0.2) is 0 Å². The van der Waals surface area contributed by atoms with E-state index in [0.717, 1.165) is 4.31 Å². The molecule has 2 rings (SSSR count). The Balaban J connectivity index is 2.17. The lowest BCUT2D eigenvalue weighted by atomic mass is 10.2. The van der Waals surface area contributed by atoms with Gasteiger partial charge in [0.2, 0.25) is 15.9 Å². The van der Waals surface area contributed by atoms with Gasteiger partial charge in [-0.25, -0.2) is 8.42 Å². The summed E-state index contributed by atoms with van der Waals surface area (Å²) in [6.07, 6.45) is 0. The normalized spacial score (nSPS) is 11.4. The van der Waals surface area contributed by atoms with Gasteiger partial charge < -0.3 is 9.64 Å². The number of methoxy groups -OCH3 is 1. The number of hydrogen-bond acceptors (Lipinski definition) is 4. The lowest BCUT2D eigenvalue weighted by Gasteiger charge is -2.22. The molecule has 2 aromatic rings. The van der Waals surface area contributed by atoms with Crippen molar-refractivity contribution in [2.45, 2.75) is 11.8 Å². The molecule has 1 amide bonds. The van der Waals surface area contributed by atoms with Crippen molar-refractivity contribution < 1.29 is 17.9 Å². The molecule has 0 aliphatic rings. The van der Waals surface area contributed by atoms with Gasteiger partial charge in [0.25, 0.3) is 0 Å². The number of likely N-dealkylation sites (N-methyl/N-ethyl adjacent to an activating group) is 2. The van der Waals surface area contributed by atoms with Crippen LogP contribution in [0.2, 0.25) is 0 Å². The number of hydrogen-bond donors (Lipinski definition) is 0. The summed E-state index contributed by atoms with van der Waals surface area (Å²) in [4.78, 5) is 14.0. The van der Waals surface area contributed by atoms with Gasteiger partial charge in [-0.15, -0.1) is 0 Å². The summed E-state index contributed by atoms with van der Waals surface area (Å²) in [5, 5.41) is 0. The first kappa shape index (κ1) is 19.0. The molecule has 134 valence electrons. The van der Waals surface area contributed by atoms with Crippen molar-refractivity contribution in [2.24, 2.45) is 0 Å². The van der Waals surface area contributed by atoms with Crippen molar-refractivity contribution >= 4 is 21.6 Å². The van der Waals surface area contributed by atoms with Gasteiger partial charge in [0.1, 0.15) is 5.75 Å². The van der Waals surface area contributed by atoms with Crippen LogP contribution in [0.3, 0.4) is 0 Å². The highest BCUT2D eigenvalue weighted by Crippen LogP contribution is 2.23. The van der Waals surface area contributed by atoms with Gasteiger partial charge in [0, 0.05) is 19.8 Å². The van der Waals surface area contributed by atoms with E-state index >= 15 is 0 Å². The number of aryl methyl sites for hydroxylation is 1. The molecule has 0 saturated carbocycles. The summed E-state index contributed by atoms with van der Waals surface area (Å²) >= 11 is 0. The van der Waals surface area contributed by atoms with E-state index in [1.54, 1.807) is 32.2 Å². The van der Waals surface area contributed by atoms with E-state index in [4.69, 9.17) is 4.74 Å². The molecule has 2 aromatic carbocycles. The van der Waals surface area contributed by atoms with E-state index in [1.807, 2.05) is 18.2 Å². The number of nitrogens with zero attached hydrogens (tertiary/aromatic N) is 2. The Morgan fingerprint density at radius 1 is 1.08 bits per heavy atom. The minimum atomic E-state index is -3.77. The third-order valence-corrected chi connectivity index (χ3v) is 5.75. The Morgan fingerprint density at radius 2 is 1.72 bits per heavy atom. The molecule has 7 heteroatoms. The van der Waals surface area contributed by atoms with Crippen LogP contribution in [0.5, 0.6) is 5.75 Å². The molecule has 0 bridgehead atoms. The van der Waals surface area contributed by atoms with E-state index in [1.165, 1.54) is 31.2 Å². The summed E-state index contributed by atoms with van der Waals surface area (Å²) in [7, 11) is 0.777. The first-order valence-electron chi connectivity index (χ1n) is 7.70. The van der Waals surface area contributed by atoms with Crippen LogP contribution in [-0.4, -0.2) is 46.4 Å². The average Bonchev–Trinajstić information content (AvgIpc) is 2.61. The van der Waals surface area contributed by atoms with Crippen LogP contribution < -0.4 is 9.64 Å². The number of sulfonamides is 1. The zero-order valence-corrected chi connectivity index (χ0v) is 15.6. The van der Waals surface area contributed by atoms with Crippen LogP contribution in [0.1, 0.15) is 5.56 Å². The Kier molecular flexibility index (Phi) is 5.81. The van der Waals surface area contributed by atoms with Gasteiger partial charge in [0.05, 0.1) is 18.6 Å². The summed E-state index contributed by atoms with van der Waals surface area (Å²) in [6, 6.07) is 13.7. The Labute approximate surface area is 148 Å². The Bertz CT molecular complexity index is 851. The molecule has 0 aliphatic heterocycles. The van der Waals surface area contributed by atoms with Gasteiger partial charge in [-0.2, -0.15) is 4.31 Å². The van der Waals surface area contributed by atoms with E-state index in [0.29, 0.717) is 17.0 Å². The second-order valence-corrected chi connectivity index (χ2v) is 7.73. The maximum atomic E-state index is 12.7. The highest BCUT2D eigenvalue weighted by atomic mass is 32.2. The molecule has 0 atom stereocenters. The van der Waals surface area contributed by atoms with Crippen molar-refractivity contribution in [1.82, 2.24) is 4.31 Å². The number of carbonyl (C=O) groups excluding carboxylic acids is 1. The minimum absolute atomic E-state index is 0.128. The number of ether oxygens (including phenoxy) is 1. The fourth-order valence-corrected chi connectivity index (χ4v) is 3.57. The molecule has 0 aliphatic carbocycles. The van der Waals surface area contributed by atoms with Crippen LogP contribution in [0.4, 0.5) is 5.69 Å². The van der Waals surface area contributed by atoms with Gasteiger partial charge in [-0.1, -0.05) is 18.2 Å². The maximum absolute atomic E-state index is 12.7. The van der Waals surface area contributed by atoms with Crippen LogP contribution >= 0.6 is 0 Å². The molecular formula is C18H22N2O4S. The largest absolute Gasteiger partial charge is 0.496 e. The van der Waals surface area contributed by atoms with Gasteiger partial charge in [-0.3, -0.25) is 4.79 Å². The predicted molar refractivity (Wildman–Crippen MR) is 97.4 cm³/mol. The van der Waals surface area contributed by atoms with Crippen molar-refractivity contribution in [3.8, 4) is 5.75 Å². The molecular weight excluding hydrogens is 340 g/mol. The van der Waals surface area contributed by atoms with Crippen LogP contribution in [0, 0.1) is 6.92 Å². The van der Waals surface area contributed by atoms with Crippen molar-refractivity contribution in [2.75, 3.05) is 32.6 Å². The van der Waals surface area contributed by atoms with Crippen molar-refractivity contribution in [3.05, 3.63) is 54.1 Å². The fraction of sp³-hybridized carbons (Fsp3) is 0.278. The third-order valence-electron chi connectivity index (χ3n) is 3.95. The van der Waals surface area contributed by atoms with Crippen molar-refractivity contribution in [3.63, 3.8) is 0 Å². The summed E-state index contributed by atoms with van der Waals surface area (Å²) in [5.74, 6) is 0.295. The topological polar surface area (TPSA) is 66.9 Å². The lowest BCUT2D eigenvalue weighted by molar-refractivity contribution is -0.118. The summed E-state index contributed by atoms with van der Waals surface area (Å²) in [5.41, 5.74) is 1.42. The minimum Gasteiger partial charge on any atom is -0.496 e. The number of benzene rings is 2. The maximum Gasteiger partial charge on any atom is 0.243 e. The number of carbonyl (C=O) groups is 1. The SMILES string of the molecule is COc1ccc(S(=O)(=O)N(C)CC(=O)N(C)c2ccccc2)cc1C.